The molecule has 1 atom stereocenters. The smallest absolute Gasteiger partial charge is 0.235 e. The van der Waals surface area contributed by atoms with Crippen molar-refractivity contribution < 1.29 is 9.53 Å². The van der Waals surface area contributed by atoms with E-state index in [1.807, 2.05) is 44.2 Å². The van der Waals surface area contributed by atoms with E-state index in [1.165, 1.54) is 0 Å². The minimum atomic E-state index is -0.812. The van der Waals surface area contributed by atoms with Crippen molar-refractivity contribution in [3.05, 3.63) is 30.3 Å². The Balaban J connectivity index is 1.66. The van der Waals surface area contributed by atoms with Crippen molar-refractivity contribution in [1.29, 1.82) is 5.26 Å². The molecule has 0 bridgehead atoms. The molecule has 0 spiro atoms. The fourth-order valence-corrected chi connectivity index (χ4v) is 2.81. The maximum absolute atomic E-state index is 12.3. The van der Waals surface area contributed by atoms with Gasteiger partial charge < -0.3 is 10.1 Å². The Morgan fingerprint density at radius 3 is 2.42 bits per heavy atom. The van der Waals surface area contributed by atoms with E-state index in [2.05, 4.69) is 21.2 Å². The number of hydrogen-bond acceptors (Lipinski definition) is 5. The van der Waals surface area contributed by atoms with Crippen LogP contribution < -0.4 is 10.1 Å². The van der Waals surface area contributed by atoms with E-state index in [9.17, 15) is 10.1 Å². The molecule has 26 heavy (non-hydrogen) atoms. The van der Waals surface area contributed by atoms with E-state index in [4.69, 9.17) is 4.74 Å². The van der Waals surface area contributed by atoms with Crippen LogP contribution in [0.1, 0.15) is 20.8 Å². The van der Waals surface area contributed by atoms with Gasteiger partial charge >= 0.3 is 0 Å². The number of piperazine rings is 1. The number of carbonyl (C=O) groups excluding carboxylic acids is 1. The molecule has 1 fully saturated rings. The summed E-state index contributed by atoms with van der Waals surface area (Å²) in [5, 5.41) is 12.2. The minimum Gasteiger partial charge on any atom is -0.492 e. The van der Waals surface area contributed by atoms with Crippen LogP contribution in [-0.2, 0) is 4.79 Å². The number of amides is 1. The average Bonchev–Trinajstić information content (AvgIpc) is 2.63. The largest absolute Gasteiger partial charge is 0.492 e. The quantitative estimate of drug-likeness (QED) is 0.767. The van der Waals surface area contributed by atoms with Crippen LogP contribution in [0, 0.1) is 17.2 Å². The molecule has 142 valence electrons. The van der Waals surface area contributed by atoms with E-state index >= 15 is 0 Å². The van der Waals surface area contributed by atoms with Gasteiger partial charge in [-0.05, 0) is 25.0 Å². The third kappa shape index (κ3) is 6.01. The van der Waals surface area contributed by atoms with Gasteiger partial charge in [0.15, 0.2) is 0 Å². The van der Waals surface area contributed by atoms with Gasteiger partial charge in [0.25, 0.3) is 0 Å². The zero-order valence-corrected chi connectivity index (χ0v) is 16.1. The molecule has 1 N–H and O–H groups in total. The van der Waals surface area contributed by atoms with Gasteiger partial charge in [-0.15, -0.1) is 0 Å². The Labute approximate surface area is 156 Å². The summed E-state index contributed by atoms with van der Waals surface area (Å²) in [6, 6.07) is 12.0. The fraction of sp³-hybridized carbons (Fsp3) is 0.600. The standard InChI is InChI=1S/C20H30N4O2/c1-17(2)20(3,16-21)22-19(25)15-24-11-9-23(10-12-24)13-14-26-18-7-5-4-6-8-18/h4-8,17H,9-15H2,1-3H3,(H,22,25)/t20-/m0/s1. The highest BCUT2D eigenvalue weighted by molar-refractivity contribution is 5.79. The minimum absolute atomic E-state index is 0.0675. The summed E-state index contributed by atoms with van der Waals surface area (Å²) < 4.78 is 5.74. The van der Waals surface area contributed by atoms with Crippen molar-refractivity contribution >= 4 is 5.91 Å². The lowest BCUT2D eigenvalue weighted by Crippen LogP contribution is -2.54. The first kappa shape index (κ1) is 20.2. The summed E-state index contributed by atoms with van der Waals surface area (Å²) in [6.07, 6.45) is 0. The second-order valence-corrected chi connectivity index (χ2v) is 7.30. The Bertz CT molecular complexity index is 606. The predicted octanol–water partition coefficient (Wildman–Crippen LogP) is 1.74. The number of nitriles is 1. The van der Waals surface area contributed by atoms with Crippen molar-refractivity contribution in [3.8, 4) is 11.8 Å². The van der Waals surface area contributed by atoms with E-state index in [1.54, 1.807) is 6.92 Å². The van der Waals surface area contributed by atoms with Crippen LogP contribution in [0.25, 0.3) is 0 Å². The van der Waals surface area contributed by atoms with Crippen LogP contribution >= 0.6 is 0 Å². The predicted molar refractivity (Wildman–Crippen MR) is 102 cm³/mol. The zero-order valence-electron chi connectivity index (χ0n) is 16.1. The van der Waals surface area contributed by atoms with Crippen LogP contribution in [0.3, 0.4) is 0 Å². The molecule has 1 aliphatic heterocycles. The van der Waals surface area contributed by atoms with Crippen molar-refractivity contribution in [3.63, 3.8) is 0 Å². The highest BCUT2D eigenvalue weighted by Crippen LogP contribution is 2.15. The first-order valence-electron chi connectivity index (χ1n) is 9.28. The number of nitrogens with one attached hydrogen (secondary N) is 1. The number of benzene rings is 1. The lowest BCUT2D eigenvalue weighted by molar-refractivity contribution is -0.124. The van der Waals surface area contributed by atoms with Gasteiger partial charge in [0.05, 0.1) is 12.6 Å². The SMILES string of the molecule is CC(C)[C@](C)(C#N)NC(=O)CN1CCN(CCOc2ccccc2)CC1. The average molecular weight is 358 g/mol. The summed E-state index contributed by atoms with van der Waals surface area (Å²) in [5.41, 5.74) is -0.812. The van der Waals surface area contributed by atoms with Gasteiger partial charge in [0, 0.05) is 32.7 Å². The monoisotopic (exact) mass is 358 g/mol. The second kappa shape index (κ2) is 9.56. The Kier molecular flexibility index (Phi) is 7.43. The van der Waals surface area contributed by atoms with Crippen LogP contribution in [-0.4, -0.2) is 67.1 Å². The Hall–Kier alpha value is -2.10. The van der Waals surface area contributed by atoms with Gasteiger partial charge in [0.1, 0.15) is 17.9 Å². The van der Waals surface area contributed by atoms with Gasteiger partial charge in [-0.25, -0.2) is 0 Å². The van der Waals surface area contributed by atoms with Gasteiger partial charge in [-0.1, -0.05) is 32.0 Å². The third-order valence-corrected chi connectivity index (χ3v) is 5.04. The number of para-hydroxylation sites is 1. The lowest BCUT2D eigenvalue weighted by atomic mass is 9.90. The van der Waals surface area contributed by atoms with Crippen LogP contribution in [0.15, 0.2) is 30.3 Å². The first-order valence-corrected chi connectivity index (χ1v) is 9.28. The third-order valence-electron chi connectivity index (χ3n) is 5.04. The molecular weight excluding hydrogens is 328 g/mol. The van der Waals surface area contributed by atoms with Crippen molar-refractivity contribution in [2.75, 3.05) is 45.9 Å². The van der Waals surface area contributed by atoms with Crippen LogP contribution in [0.4, 0.5) is 0 Å². The van der Waals surface area contributed by atoms with Gasteiger partial charge in [-0.3, -0.25) is 14.6 Å². The van der Waals surface area contributed by atoms with Gasteiger partial charge in [0.2, 0.25) is 5.91 Å². The zero-order chi connectivity index (χ0) is 19.0. The Morgan fingerprint density at radius 1 is 1.23 bits per heavy atom. The molecule has 6 heteroatoms. The summed E-state index contributed by atoms with van der Waals surface area (Å²) in [6.45, 7) is 11.1. The molecule has 1 heterocycles. The molecule has 1 amide bonds. The molecule has 0 unspecified atom stereocenters. The molecule has 0 aliphatic carbocycles. The van der Waals surface area contributed by atoms with E-state index in [0.29, 0.717) is 13.2 Å². The number of rotatable bonds is 8. The summed E-state index contributed by atoms with van der Waals surface area (Å²) in [7, 11) is 0. The molecule has 1 aliphatic rings. The van der Waals surface area contributed by atoms with Crippen molar-refractivity contribution in [2.24, 2.45) is 5.92 Å². The van der Waals surface area contributed by atoms with E-state index < -0.39 is 5.54 Å². The second-order valence-electron chi connectivity index (χ2n) is 7.30. The first-order chi connectivity index (χ1) is 12.4. The molecule has 0 saturated carbocycles. The van der Waals surface area contributed by atoms with E-state index in [0.717, 1.165) is 38.5 Å². The summed E-state index contributed by atoms with van der Waals surface area (Å²) in [4.78, 5) is 16.8. The number of nitrogens with zero attached hydrogens (tertiary/aromatic N) is 3. The van der Waals surface area contributed by atoms with Gasteiger partial charge in [-0.2, -0.15) is 5.26 Å². The maximum Gasteiger partial charge on any atom is 0.235 e. The molecule has 0 radical (unpaired) electrons. The maximum atomic E-state index is 12.3. The summed E-state index contributed by atoms with van der Waals surface area (Å²) in [5.74, 6) is 0.884. The number of ether oxygens (including phenoxy) is 1. The molecule has 1 aromatic carbocycles. The normalized spacial score (nSPS) is 18.1. The lowest BCUT2D eigenvalue weighted by Gasteiger charge is -2.35. The molecule has 6 nitrogen and oxygen atoms in total. The van der Waals surface area contributed by atoms with Crippen LogP contribution in [0.5, 0.6) is 5.75 Å². The molecule has 1 aromatic rings. The number of carbonyl (C=O) groups is 1. The highest BCUT2D eigenvalue weighted by Gasteiger charge is 2.30. The number of hydrogen-bond donors (Lipinski definition) is 1. The van der Waals surface area contributed by atoms with Crippen molar-refractivity contribution in [2.45, 2.75) is 26.3 Å². The molecular formula is C20H30N4O2. The van der Waals surface area contributed by atoms with E-state index in [-0.39, 0.29) is 11.8 Å². The van der Waals surface area contributed by atoms with Crippen LogP contribution in [0.2, 0.25) is 0 Å². The fourth-order valence-electron chi connectivity index (χ4n) is 2.81. The molecule has 2 rings (SSSR count). The molecule has 1 saturated heterocycles. The van der Waals surface area contributed by atoms with Crippen molar-refractivity contribution in [1.82, 2.24) is 15.1 Å². The highest BCUT2D eigenvalue weighted by atomic mass is 16.5. The summed E-state index contributed by atoms with van der Waals surface area (Å²) >= 11 is 0. The topological polar surface area (TPSA) is 68.6 Å². The Morgan fingerprint density at radius 2 is 1.85 bits per heavy atom. The molecule has 0 aromatic heterocycles.